The smallest absolute Gasteiger partial charge is 0.127 e. The molecular weight excluding hydrogens is 258 g/mol. The minimum Gasteiger partial charge on any atom is -0.457 e. The zero-order valence-electron chi connectivity index (χ0n) is 13.4. The second-order valence-electron chi connectivity index (χ2n) is 6.46. The first-order chi connectivity index (χ1) is 9.90. The average Bonchev–Trinajstić information content (AvgIpc) is 2.47. The lowest BCUT2D eigenvalue weighted by Gasteiger charge is -2.19. The van der Waals surface area contributed by atoms with E-state index in [1.54, 1.807) is 0 Å². The van der Waals surface area contributed by atoms with Crippen LogP contribution >= 0.6 is 0 Å². The Bertz CT molecular complexity index is 581. The number of benzene rings is 2. The van der Waals surface area contributed by atoms with Gasteiger partial charge in [0.2, 0.25) is 0 Å². The molecule has 0 spiro atoms. The van der Waals surface area contributed by atoms with Gasteiger partial charge in [-0.25, -0.2) is 0 Å². The summed E-state index contributed by atoms with van der Waals surface area (Å²) in [5.74, 6) is 1.71. The Kier molecular flexibility index (Phi) is 4.69. The zero-order valence-corrected chi connectivity index (χ0v) is 13.4. The van der Waals surface area contributed by atoms with Gasteiger partial charge in [-0.1, -0.05) is 52.0 Å². The van der Waals surface area contributed by atoms with Crippen LogP contribution in [-0.2, 0) is 5.41 Å². The molecule has 0 saturated carbocycles. The molecule has 112 valence electrons. The van der Waals surface area contributed by atoms with Crippen molar-refractivity contribution in [2.24, 2.45) is 5.73 Å². The topological polar surface area (TPSA) is 35.2 Å². The Hall–Kier alpha value is -1.80. The minimum absolute atomic E-state index is 0.100. The SMILES string of the molecule is CCC(N)c1ccc(Oc2cccc(C(C)(C)C)c2)cc1. The van der Waals surface area contributed by atoms with Gasteiger partial charge < -0.3 is 10.5 Å². The maximum atomic E-state index is 6.02. The Labute approximate surface area is 127 Å². The Morgan fingerprint density at radius 1 is 1.00 bits per heavy atom. The lowest BCUT2D eigenvalue weighted by molar-refractivity contribution is 0.478. The molecule has 0 radical (unpaired) electrons. The number of nitrogens with two attached hydrogens (primary N) is 1. The number of hydrogen-bond acceptors (Lipinski definition) is 2. The van der Waals surface area contributed by atoms with Gasteiger partial charge in [0.15, 0.2) is 0 Å². The second-order valence-corrected chi connectivity index (χ2v) is 6.46. The van der Waals surface area contributed by atoms with Crippen LogP contribution in [0.15, 0.2) is 48.5 Å². The lowest BCUT2D eigenvalue weighted by Crippen LogP contribution is -2.10. The van der Waals surface area contributed by atoms with E-state index in [0.717, 1.165) is 23.5 Å². The van der Waals surface area contributed by atoms with E-state index in [9.17, 15) is 0 Å². The molecule has 2 N–H and O–H groups in total. The molecule has 0 heterocycles. The fourth-order valence-corrected chi connectivity index (χ4v) is 2.18. The molecule has 2 rings (SSSR count). The van der Waals surface area contributed by atoms with Crippen molar-refractivity contribution < 1.29 is 4.74 Å². The van der Waals surface area contributed by atoms with Crippen LogP contribution in [0.1, 0.15) is 51.3 Å². The first kappa shape index (κ1) is 15.6. The maximum absolute atomic E-state index is 6.02. The zero-order chi connectivity index (χ0) is 15.5. The van der Waals surface area contributed by atoms with Gasteiger partial charge in [0.05, 0.1) is 0 Å². The van der Waals surface area contributed by atoms with Crippen LogP contribution in [0.4, 0.5) is 0 Å². The van der Waals surface area contributed by atoms with E-state index >= 15 is 0 Å². The number of rotatable bonds is 4. The van der Waals surface area contributed by atoms with Gasteiger partial charge in [0, 0.05) is 6.04 Å². The van der Waals surface area contributed by atoms with Gasteiger partial charge in [-0.15, -0.1) is 0 Å². The lowest BCUT2D eigenvalue weighted by atomic mass is 9.87. The predicted octanol–water partition coefficient (Wildman–Crippen LogP) is 5.19. The molecule has 0 aliphatic carbocycles. The van der Waals surface area contributed by atoms with Gasteiger partial charge in [-0.05, 0) is 47.2 Å². The first-order valence-corrected chi connectivity index (χ1v) is 7.54. The molecule has 2 nitrogen and oxygen atoms in total. The van der Waals surface area contributed by atoms with Crippen LogP contribution < -0.4 is 10.5 Å². The number of ether oxygens (including phenoxy) is 1. The summed E-state index contributed by atoms with van der Waals surface area (Å²) >= 11 is 0. The fraction of sp³-hybridized carbons (Fsp3) is 0.368. The molecule has 0 bridgehead atoms. The minimum atomic E-state index is 0.100. The molecule has 2 heteroatoms. The van der Waals surface area contributed by atoms with Crippen LogP contribution in [0.2, 0.25) is 0 Å². The summed E-state index contributed by atoms with van der Waals surface area (Å²) in [6.45, 7) is 8.69. The summed E-state index contributed by atoms with van der Waals surface area (Å²) in [5.41, 5.74) is 8.56. The molecule has 1 unspecified atom stereocenters. The van der Waals surface area contributed by atoms with Crippen molar-refractivity contribution in [2.45, 2.75) is 45.6 Å². The van der Waals surface area contributed by atoms with Crippen LogP contribution in [0.5, 0.6) is 11.5 Å². The van der Waals surface area contributed by atoms with E-state index in [1.807, 2.05) is 36.4 Å². The summed E-state index contributed by atoms with van der Waals surface area (Å²) in [4.78, 5) is 0. The largest absolute Gasteiger partial charge is 0.457 e. The Balaban J connectivity index is 2.15. The molecule has 0 aromatic heterocycles. The molecule has 0 aliphatic rings. The van der Waals surface area contributed by atoms with Gasteiger partial charge in [-0.2, -0.15) is 0 Å². The van der Waals surface area contributed by atoms with E-state index < -0.39 is 0 Å². The summed E-state index contributed by atoms with van der Waals surface area (Å²) in [6, 6.07) is 16.4. The molecule has 1 atom stereocenters. The summed E-state index contributed by atoms with van der Waals surface area (Å²) in [5, 5.41) is 0. The molecule has 0 fully saturated rings. The van der Waals surface area contributed by atoms with Crippen molar-refractivity contribution in [1.29, 1.82) is 0 Å². The van der Waals surface area contributed by atoms with Gasteiger partial charge in [0.25, 0.3) is 0 Å². The highest BCUT2D eigenvalue weighted by Gasteiger charge is 2.14. The fourth-order valence-electron chi connectivity index (χ4n) is 2.18. The van der Waals surface area contributed by atoms with Crippen molar-refractivity contribution in [1.82, 2.24) is 0 Å². The van der Waals surface area contributed by atoms with Gasteiger partial charge in [-0.3, -0.25) is 0 Å². The molecule has 0 aliphatic heterocycles. The van der Waals surface area contributed by atoms with Crippen molar-refractivity contribution in [2.75, 3.05) is 0 Å². The Morgan fingerprint density at radius 3 is 2.24 bits per heavy atom. The van der Waals surface area contributed by atoms with E-state index in [1.165, 1.54) is 5.56 Å². The quantitative estimate of drug-likeness (QED) is 0.838. The molecule has 2 aromatic carbocycles. The Morgan fingerprint density at radius 2 is 1.67 bits per heavy atom. The normalized spacial score (nSPS) is 13.0. The van der Waals surface area contributed by atoms with E-state index in [-0.39, 0.29) is 11.5 Å². The van der Waals surface area contributed by atoms with Crippen LogP contribution in [0.3, 0.4) is 0 Å². The van der Waals surface area contributed by atoms with Crippen molar-refractivity contribution in [3.63, 3.8) is 0 Å². The molecular formula is C19H25NO. The van der Waals surface area contributed by atoms with E-state index in [4.69, 9.17) is 10.5 Å². The predicted molar refractivity (Wildman–Crippen MR) is 88.9 cm³/mol. The average molecular weight is 283 g/mol. The van der Waals surface area contributed by atoms with E-state index in [2.05, 4.69) is 39.8 Å². The first-order valence-electron chi connectivity index (χ1n) is 7.54. The van der Waals surface area contributed by atoms with Crippen molar-refractivity contribution in [3.05, 3.63) is 59.7 Å². The van der Waals surface area contributed by atoms with Crippen LogP contribution in [-0.4, -0.2) is 0 Å². The summed E-state index contributed by atoms with van der Waals surface area (Å²) < 4.78 is 5.94. The molecule has 0 amide bonds. The van der Waals surface area contributed by atoms with Crippen LogP contribution in [0.25, 0.3) is 0 Å². The molecule has 21 heavy (non-hydrogen) atoms. The van der Waals surface area contributed by atoms with Gasteiger partial charge in [0.1, 0.15) is 11.5 Å². The van der Waals surface area contributed by atoms with Gasteiger partial charge >= 0.3 is 0 Å². The van der Waals surface area contributed by atoms with Crippen LogP contribution in [0, 0.1) is 0 Å². The summed E-state index contributed by atoms with van der Waals surface area (Å²) in [7, 11) is 0. The van der Waals surface area contributed by atoms with Crippen molar-refractivity contribution >= 4 is 0 Å². The third-order valence-corrected chi connectivity index (χ3v) is 3.68. The maximum Gasteiger partial charge on any atom is 0.127 e. The molecule has 2 aromatic rings. The standard InChI is InChI=1S/C19H25NO/c1-5-18(20)14-9-11-16(12-10-14)21-17-8-6-7-15(13-17)19(2,3)4/h6-13,18H,5,20H2,1-4H3. The third-order valence-electron chi connectivity index (χ3n) is 3.68. The highest BCUT2D eigenvalue weighted by Crippen LogP contribution is 2.29. The highest BCUT2D eigenvalue weighted by atomic mass is 16.5. The van der Waals surface area contributed by atoms with E-state index in [0.29, 0.717) is 0 Å². The highest BCUT2D eigenvalue weighted by molar-refractivity contribution is 5.37. The summed E-state index contributed by atoms with van der Waals surface area (Å²) in [6.07, 6.45) is 0.938. The van der Waals surface area contributed by atoms with Crippen molar-refractivity contribution in [3.8, 4) is 11.5 Å². The monoisotopic (exact) mass is 283 g/mol. The molecule has 0 saturated heterocycles. The number of hydrogen-bond donors (Lipinski definition) is 1. The second kappa shape index (κ2) is 6.31. The third kappa shape index (κ3) is 4.08.